The first kappa shape index (κ1) is 18.9. The van der Waals surface area contributed by atoms with Gasteiger partial charge in [-0.25, -0.2) is 0 Å². The van der Waals surface area contributed by atoms with Gasteiger partial charge in [-0.2, -0.15) is 0 Å². The summed E-state index contributed by atoms with van der Waals surface area (Å²) in [6, 6.07) is 8.43. The molecule has 0 aliphatic rings. The van der Waals surface area contributed by atoms with Crippen molar-refractivity contribution in [3.8, 4) is 11.1 Å². The highest BCUT2D eigenvalue weighted by Crippen LogP contribution is 2.31. The van der Waals surface area contributed by atoms with Crippen LogP contribution in [0.2, 0.25) is 0 Å². The van der Waals surface area contributed by atoms with E-state index in [2.05, 4.69) is 63.5 Å². The van der Waals surface area contributed by atoms with E-state index < -0.39 is 0 Å². The predicted octanol–water partition coefficient (Wildman–Crippen LogP) is 5.77. The topological polar surface area (TPSA) is 22.0 Å². The summed E-state index contributed by atoms with van der Waals surface area (Å²) in [5.74, 6) is 0. The zero-order valence-corrected chi connectivity index (χ0v) is 16.4. The lowest BCUT2D eigenvalue weighted by Gasteiger charge is -2.19. The molecule has 24 heavy (non-hydrogen) atoms. The van der Waals surface area contributed by atoms with Gasteiger partial charge in [0.25, 0.3) is 0 Å². The van der Waals surface area contributed by atoms with Crippen LogP contribution in [0, 0.1) is 0 Å². The maximum atomic E-state index is 13.0. The molecule has 2 rings (SSSR count). The molecule has 3 heteroatoms. The monoisotopic (exact) mass is 343 g/mol. The fourth-order valence-corrected chi connectivity index (χ4v) is 3.83. The molecule has 0 aliphatic heterocycles. The van der Waals surface area contributed by atoms with E-state index in [1.165, 1.54) is 5.56 Å². The van der Waals surface area contributed by atoms with Gasteiger partial charge in [0.05, 0.1) is 4.90 Å². The van der Waals surface area contributed by atoms with E-state index >= 15 is 0 Å². The van der Waals surface area contributed by atoms with Crippen LogP contribution in [0.1, 0.15) is 53.0 Å². The maximum absolute atomic E-state index is 13.0. The number of pyridine rings is 1. The molecule has 2 nitrogen and oxygen atoms in total. The standard InChI is InChI=1S/C21H29NOS/c1-6-9-16-10-8-11-17(13-16)18-14-22(12-7-2)15-19(20(18)23)24-21(3,4)5/h8,10-11,13-15H,6-7,9,12H2,1-5H3. The highest BCUT2D eigenvalue weighted by atomic mass is 32.2. The summed E-state index contributed by atoms with van der Waals surface area (Å²) >= 11 is 1.66. The molecule has 0 atom stereocenters. The largest absolute Gasteiger partial charge is 0.352 e. The first-order valence-electron chi connectivity index (χ1n) is 8.86. The normalized spacial score (nSPS) is 11.7. The summed E-state index contributed by atoms with van der Waals surface area (Å²) in [7, 11) is 0. The Bertz CT molecular complexity index is 740. The minimum atomic E-state index is 0.0197. The number of rotatable bonds is 6. The van der Waals surface area contributed by atoms with Crippen LogP contribution in [0.5, 0.6) is 0 Å². The molecular formula is C21H29NOS. The Morgan fingerprint density at radius 1 is 1.08 bits per heavy atom. The number of aromatic nitrogens is 1. The van der Waals surface area contributed by atoms with E-state index in [9.17, 15) is 4.79 Å². The molecule has 2 aromatic rings. The summed E-state index contributed by atoms with van der Waals surface area (Å²) in [5, 5.41) is 0. The molecule has 0 bridgehead atoms. The van der Waals surface area contributed by atoms with Crippen molar-refractivity contribution in [1.29, 1.82) is 0 Å². The van der Waals surface area contributed by atoms with Crippen molar-refractivity contribution in [2.45, 2.75) is 70.1 Å². The molecule has 0 N–H and O–H groups in total. The molecule has 130 valence electrons. The number of hydrogen-bond donors (Lipinski definition) is 0. The summed E-state index contributed by atoms with van der Waals surface area (Å²) in [5.41, 5.74) is 3.30. The van der Waals surface area contributed by atoms with Crippen LogP contribution >= 0.6 is 11.8 Å². The molecule has 0 saturated heterocycles. The van der Waals surface area contributed by atoms with Gasteiger partial charge in [-0.1, -0.05) is 65.3 Å². The van der Waals surface area contributed by atoms with Crippen LogP contribution in [0.25, 0.3) is 11.1 Å². The first-order valence-corrected chi connectivity index (χ1v) is 9.68. The van der Waals surface area contributed by atoms with Gasteiger partial charge >= 0.3 is 0 Å². The fraction of sp³-hybridized carbons (Fsp3) is 0.476. The third-order valence-electron chi connectivity index (χ3n) is 3.72. The SMILES string of the molecule is CCCc1cccc(-c2cn(CCC)cc(SC(C)(C)C)c2=O)c1. The molecule has 0 aliphatic carbocycles. The number of aryl methyl sites for hydroxylation is 2. The van der Waals surface area contributed by atoms with E-state index in [0.29, 0.717) is 0 Å². The van der Waals surface area contributed by atoms with Crippen LogP contribution in [-0.2, 0) is 13.0 Å². The average molecular weight is 344 g/mol. The molecule has 0 saturated carbocycles. The van der Waals surface area contributed by atoms with E-state index in [4.69, 9.17) is 0 Å². The lowest BCUT2D eigenvalue weighted by molar-refractivity contribution is 0.665. The van der Waals surface area contributed by atoms with E-state index in [1.54, 1.807) is 11.8 Å². The van der Waals surface area contributed by atoms with Crippen molar-refractivity contribution in [2.75, 3.05) is 0 Å². The molecule has 0 radical (unpaired) electrons. The van der Waals surface area contributed by atoms with Gasteiger partial charge in [0.1, 0.15) is 0 Å². The van der Waals surface area contributed by atoms with Gasteiger partial charge in [-0.05, 0) is 24.0 Å². The smallest absolute Gasteiger partial charge is 0.202 e. The lowest BCUT2D eigenvalue weighted by Crippen LogP contribution is -2.17. The molecular weight excluding hydrogens is 314 g/mol. The minimum Gasteiger partial charge on any atom is -0.352 e. The second kappa shape index (κ2) is 8.06. The molecule has 1 aromatic heterocycles. The molecule has 0 unspecified atom stereocenters. The van der Waals surface area contributed by atoms with Gasteiger partial charge in [0, 0.05) is 29.2 Å². The van der Waals surface area contributed by atoms with Crippen molar-refractivity contribution < 1.29 is 0 Å². The second-order valence-corrected chi connectivity index (χ2v) is 9.14. The minimum absolute atomic E-state index is 0.0197. The summed E-state index contributed by atoms with van der Waals surface area (Å²) in [4.78, 5) is 13.9. The van der Waals surface area contributed by atoms with E-state index in [-0.39, 0.29) is 10.2 Å². The zero-order chi connectivity index (χ0) is 17.7. The van der Waals surface area contributed by atoms with Crippen molar-refractivity contribution >= 4 is 11.8 Å². The predicted molar refractivity (Wildman–Crippen MR) is 106 cm³/mol. The van der Waals surface area contributed by atoms with Crippen LogP contribution in [0.15, 0.2) is 46.3 Å². The van der Waals surface area contributed by atoms with Gasteiger partial charge in [-0.3, -0.25) is 4.79 Å². The summed E-state index contributed by atoms with van der Waals surface area (Å²) < 4.78 is 2.18. The molecule has 0 fully saturated rings. The summed E-state index contributed by atoms with van der Waals surface area (Å²) in [6.45, 7) is 11.7. The quantitative estimate of drug-likeness (QED) is 0.621. The fourth-order valence-electron chi connectivity index (χ4n) is 2.78. The van der Waals surface area contributed by atoms with Gasteiger partial charge < -0.3 is 4.57 Å². The first-order chi connectivity index (χ1) is 11.3. The Kier molecular flexibility index (Phi) is 6.34. The third kappa shape index (κ3) is 5.01. The Hall–Kier alpha value is -1.48. The Labute approximate surface area is 150 Å². The second-order valence-electron chi connectivity index (χ2n) is 7.27. The van der Waals surface area contributed by atoms with E-state index in [1.807, 2.05) is 12.4 Å². The van der Waals surface area contributed by atoms with Crippen molar-refractivity contribution in [2.24, 2.45) is 0 Å². The number of hydrogen-bond acceptors (Lipinski definition) is 2. The lowest BCUT2D eigenvalue weighted by atomic mass is 10.0. The Morgan fingerprint density at radius 2 is 1.83 bits per heavy atom. The third-order valence-corrected chi connectivity index (χ3v) is 4.84. The van der Waals surface area contributed by atoms with Gasteiger partial charge in [0.2, 0.25) is 5.43 Å². The van der Waals surface area contributed by atoms with Crippen LogP contribution in [-0.4, -0.2) is 9.31 Å². The molecule has 0 amide bonds. The zero-order valence-electron chi connectivity index (χ0n) is 15.6. The van der Waals surface area contributed by atoms with Gasteiger partial charge in [-0.15, -0.1) is 11.8 Å². The average Bonchev–Trinajstić information content (AvgIpc) is 2.50. The van der Waals surface area contributed by atoms with Crippen LogP contribution in [0.3, 0.4) is 0 Å². The van der Waals surface area contributed by atoms with Crippen molar-refractivity contribution in [1.82, 2.24) is 4.57 Å². The number of nitrogens with zero attached hydrogens (tertiary/aromatic N) is 1. The highest BCUT2D eigenvalue weighted by Gasteiger charge is 2.17. The summed E-state index contributed by atoms with van der Waals surface area (Å²) in [6.07, 6.45) is 7.25. The molecule has 1 aromatic carbocycles. The Balaban J connectivity index is 2.55. The van der Waals surface area contributed by atoms with Gasteiger partial charge in [0.15, 0.2) is 0 Å². The van der Waals surface area contributed by atoms with Crippen LogP contribution in [0.4, 0.5) is 0 Å². The molecule has 1 heterocycles. The maximum Gasteiger partial charge on any atom is 0.202 e. The van der Waals surface area contributed by atoms with Crippen molar-refractivity contribution in [3.63, 3.8) is 0 Å². The highest BCUT2D eigenvalue weighted by molar-refractivity contribution is 8.00. The Morgan fingerprint density at radius 3 is 2.46 bits per heavy atom. The van der Waals surface area contributed by atoms with Crippen molar-refractivity contribution in [3.05, 3.63) is 52.4 Å². The van der Waals surface area contributed by atoms with Crippen LogP contribution < -0.4 is 5.43 Å². The number of benzene rings is 1. The molecule has 0 spiro atoms. The van der Waals surface area contributed by atoms with E-state index in [0.717, 1.165) is 41.8 Å². The number of thioether (sulfide) groups is 1.